The van der Waals surface area contributed by atoms with Crippen molar-refractivity contribution in [1.82, 2.24) is 15.2 Å². The van der Waals surface area contributed by atoms with Crippen LogP contribution in [0.5, 0.6) is 0 Å². The molecule has 1 aromatic rings. The lowest BCUT2D eigenvalue weighted by Crippen LogP contribution is -2.47. The van der Waals surface area contributed by atoms with E-state index in [0.29, 0.717) is 0 Å². The van der Waals surface area contributed by atoms with Crippen LogP contribution in [-0.2, 0) is 6.54 Å². The van der Waals surface area contributed by atoms with Crippen LogP contribution in [0.4, 0.5) is 5.69 Å². The predicted molar refractivity (Wildman–Crippen MR) is 80.9 cm³/mol. The zero-order chi connectivity index (χ0) is 13.4. The van der Waals surface area contributed by atoms with E-state index in [-0.39, 0.29) is 0 Å². The SMILES string of the molecule is c1cc(N2CCN(C3CC3)CC2)cc(CNC2CC2)n1. The molecule has 0 atom stereocenters. The fraction of sp³-hybridized carbons (Fsp3) is 0.688. The van der Waals surface area contributed by atoms with Crippen LogP contribution in [-0.4, -0.2) is 48.1 Å². The van der Waals surface area contributed by atoms with Crippen LogP contribution >= 0.6 is 0 Å². The topological polar surface area (TPSA) is 31.4 Å². The number of hydrogen-bond donors (Lipinski definition) is 1. The first-order valence-electron chi connectivity index (χ1n) is 8.06. The van der Waals surface area contributed by atoms with Gasteiger partial charge in [-0.2, -0.15) is 0 Å². The smallest absolute Gasteiger partial charge is 0.0562 e. The molecule has 0 radical (unpaired) electrons. The maximum Gasteiger partial charge on any atom is 0.0562 e. The Hall–Kier alpha value is -1.13. The molecule has 2 aliphatic carbocycles. The van der Waals surface area contributed by atoms with Gasteiger partial charge in [0.25, 0.3) is 0 Å². The Bertz CT molecular complexity index is 459. The van der Waals surface area contributed by atoms with Crippen LogP contribution in [0.3, 0.4) is 0 Å². The molecular weight excluding hydrogens is 248 g/mol. The number of piperazine rings is 1. The molecule has 1 saturated heterocycles. The summed E-state index contributed by atoms with van der Waals surface area (Å²) in [4.78, 5) is 9.66. The van der Waals surface area contributed by atoms with Gasteiger partial charge in [-0.3, -0.25) is 9.88 Å². The average molecular weight is 272 g/mol. The van der Waals surface area contributed by atoms with Crippen molar-refractivity contribution in [2.24, 2.45) is 0 Å². The average Bonchev–Trinajstić information content (AvgIpc) is 3.40. The summed E-state index contributed by atoms with van der Waals surface area (Å²) in [5.74, 6) is 0. The Balaban J connectivity index is 1.36. The van der Waals surface area contributed by atoms with Crippen molar-refractivity contribution in [1.29, 1.82) is 0 Å². The zero-order valence-electron chi connectivity index (χ0n) is 12.1. The normalized spacial score (nSPS) is 24.1. The largest absolute Gasteiger partial charge is 0.369 e. The maximum atomic E-state index is 4.49. The molecule has 2 saturated carbocycles. The van der Waals surface area contributed by atoms with Gasteiger partial charge < -0.3 is 10.2 Å². The highest BCUT2D eigenvalue weighted by molar-refractivity contribution is 5.47. The van der Waals surface area contributed by atoms with Crippen LogP contribution in [0.15, 0.2) is 18.3 Å². The van der Waals surface area contributed by atoms with E-state index in [1.54, 1.807) is 0 Å². The molecule has 4 nitrogen and oxygen atoms in total. The van der Waals surface area contributed by atoms with Crippen molar-refractivity contribution in [2.75, 3.05) is 31.1 Å². The van der Waals surface area contributed by atoms with Crippen molar-refractivity contribution >= 4 is 5.69 Å². The van der Waals surface area contributed by atoms with E-state index in [1.807, 2.05) is 6.20 Å². The van der Waals surface area contributed by atoms with Gasteiger partial charge in [0.2, 0.25) is 0 Å². The Morgan fingerprint density at radius 3 is 2.60 bits per heavy atom. The molecule has 2 heterocycles. The molecule has 0 amide bonds. The minimum Gasteiger partial charge on any atom is -0.369 e. The Morgan fingerprint density at radius 1 is 1.10 bits per heavy atom. The number of nitrogens with one attached hydrogen (secondary N) is 1. The van der Waals surface area contributed by atoms with Crippen molar-refractivity contribution in [3.05, 3.63) is 24.0 Å². The number of pyridine rings is 1. The van der Waals surface area contributed by atoms with Gasteiger partial charge in [-0.15, -0.1) is 0 Å². The molecule has 0 aromatic carbocycles. The van der Waals surface area contributed by atoms with Crippen molar-refractivity contribution in [3.63, 3.8) is 0 Å². The second-order valence-electron chi connectivity index (χ2n) is 6.41. The van der Waals surface area contributed by atoms with E-state index < -0.39 is 0 Å². The summed E-state index contributed by atoms with van der Waals surface area (Å²) in [7, 11) is 0. The van der Waals surface area contributed by atoms with E-state index >= 15 is 0 Å². The van der Waals surface area contributed by atoms with Crippen LogP contribution in [0.1, 0.15) is 31.4 Å². The Labute approximate surface area is 121 Å². The van der Waals surface area contributed by atoms with Gasteiger partial charge in [0.15, 0.2) is 0 Å². The highest BCUT2D eigenvalue weighted by atomic mass is 15.3. The third-order valence-corrected chi connectivity index (χ3v) is 4.69. The third kappa shape index (κ3) is 2.96. The minimum absolute atomic E-state index is 0.752. The number of rotatable bonds is 5. The highest BCUT2D eigenvalue weighted by Crippen LogP contribution is 2.28. The summed E-state index contributed by atoms with van der Waals surface area (Å²) in [6, 6.07) is 6.09. The van der Waals surface area contributed by atoms with Crippen LogP contribution in [0.25, 0.3) is 0 Å². The summed E-state index contributed by atoms with van der Waals surface area (Å²) in [5.41, 5.74) is 2.53. The first-order chi connectivity index (χ1) is 9.88. The van der Waals surface area contributed by atoms with Gasteiger partial charge in [-0.1, -0.05) is 0 Å². The summed E-state index contributed by atoms with van der Waals surface area (Å²) in [5, 5.41) is 3.54. The summed E-state index contributed by atoms with van der Waals surface area (Å²) in [6.07, 6.45) is 7.48. The quantitative estimate of drug-likeness (QED) is 0.882. The molecule has 3 aliphatic rings. The van der Waals surface area contributed by atoms with E-state index in [4.69, 9.17) is 0 Å². The van der Waals surface area contributed by atoms with Gasteiger partial charge in [0, 0.05) is 56.7 Å². The summed E-state index contributed by atoms with van der Waals surface area (Å²) >= 11 is 0. The van der Waals surface area contributed by atoms with Gasteiger partial charge in [0.1, 0.15) is 0 Å². The molecule has 0 bridgehead atoms. The van der Waals surface area contributed by atoms with Gasteiger partial charge in [-0.05, 0) is 37.8 Å². The van der Waals surface area contributed by atoms with Gasteiger partial charge >= 0.3 is 0 Å². The Kier molecular flexibility index (Phi) is 3.36. The zero-order valence-corrected chi connectivity index (χ0v) is 12.1. The number of aromatic nitrogens is 1. The first-order valence-corrected chi connectivity index (χ1v) is 8.06. The summed E-state index contributed by atoms with van der Waals surface area (Å²) < 4.78 is 0. The lowest BCUT2D eigenvalue weighted by molar-refractivity contribution is 0.248. The fourth-order valence-electron chi connectivity index (χ4n) is 3.08. The minimum atomic E-state index is 0.752. The number of anilines is 1. The second kappa shape index (κ2) is 5.34. The van der Waals surface area contributed by atoms with E-state index in [1.165, 1.54) is 50.2 Å². The van der Waals surface area contributed by atoms with Gasteiger partial charge in [-0.25, -0.2) is 0 Å². The molecule has 4 heteroatoms. The summed E-state index contributed by atoms with van der Waals surface area (Å²) in [6.45, 7) is 5.69. The standard InChI is InChI=1S/C16H24N4/c1-2-13(1)18-12-14-11-16(5-6-17-14)20-9-7-19(8-10-20)15-3-4-15/h5-6,11,13,15,18H,1-4,7-10,12H2. The Morgan fingerprint density at radius 2 is 1.90 bits per heavy atom. The monoisotopic (exact) mass is 272 g/mol. The fourth-order valence-corrected chi connectivity index (χ4v) is 3.08. The van der Waals surface area contributed by atoms with Crippen LogP contribution < -0.4 is 10.2 Å². The van der Waals surface area contributed by atoms with Gasteiger partial charge in [0.05, 0.1) is 5.69 Å². The molecule has 0 spiro atoms. The first kappa shape index (κ1) is 12.6. The molecule has 3 fully saturated rings. The lowest BCUT2D eigenvalue weighted by Gasteiger charge is -2.36. The number of hydrogen-bond acceptors (Lipinski definition) is 4. The lowest BCUT2D eigenvalue weighted by atomic mass is 10.2. The van der Waals surface area contributed by atoms with Crippen molar-refractivity contribution in [3.8, 4) is 0 Å². The second-order valence-corrected chi connectivity index (χ2v) is 6.41. The number of nitrogens with zero attached hydrogens (tertiary/aromatic N) is 3. The molecule has 4 rings (SSSR count). The maximum absolute atomic E-state index is 4.49. The third-order valence-electron chi connectivity index (χ3n) is 4.69. The predicted octanol–water partition coefficient (Wildman–Crippen LogP) is 1.62. The van der Waals surface area contributed by atoms with Crippen LogP contribution in [0, 0.1) is 0 Å². The highest BCUT2D eigenvalue weighted by Gasteiger charge is 2.31. The van der Waals surface area contributed by atoms with E-state index in [0.717, 1.165) is 31.7 Å². The van der Waals surface area contributed by atoms with E-state index in [2.05, 4.69) is 32.2 Å². The molecule has 108 valence electrons. The molecule has 0 unspecified atom stereocenters. The molecule has 1 N–H and O–H groups in total. The van der Waals surface area contributed by atoms with E-state index in [9.17, 15) is 0 Å². The van der Waals surface area contributed by atoms with Crippen LogP contribution in [0.2, 0.25) is 0 Å². The molecule has 20 heavy (non-hydrogen) atoms. The molecular formula is C16H24N4. The van der Waals surface area contributed by atoms with Crippen molar-refractivity contribution < 1.29 is 0 Å². The van der Waals surface area contributed by atoms with Crippen molar-refractivity contribution in [2.45, 2.75) is 44.3 Å². The molecule has 1 aliphatic heterocycles. The molecule has 1 aromatic heterocycles.